The first-order chi connectivity index (χ1) is 6.81. The van der Waals surface area contributed by atoms with Crippen LogP contribution in [0.4, 0.5) is 0 Å². The third kappa shape index (κ3) is 2.76. The van der Waals surface area contributed by atoms with E-state index >= 15 is 0 Å². The van der Waals surface area contributed by atoms with Crippen molar-refractivity contribution in [2.45, 2.75) is 6.61 Å². The number of ether oxygens (including phenoxy) is 1. The van der Waals surface area contributed by atoms with Gasteiger partial charge in [0.1, 0.15) is 5.75 Å². The lowest BCUT2D eigenvalue weighted by atomic mass is 10.1. The summed E-state index contributed by atoms with van der Waals surface area (Å²) in [5.74, 6) is 6.54. The van der Waals surface area contributed by atoms with Crippen LogP contribution < -0.4 is 4.74 Å². The van der Waals surface area contributed by atoms with Gasteiger partial charge in [-0.1, -0.05) is 33.8 Å². The smallest absolute Gasteiger partial charge is 0.125 e. The SMILES string of the molecule is COc1cc(C#CCBr)ccc1CO. The number of aliphatic hydroxyl groups excluding tert-OH is 1. The third-order valence-electron chi connectivity index (χ3n) is 1.76. The standard InChI is InChI=1S/C11H11BrO2/c1-14-11-7-9(3-2-6-12)4-5-10(11)8-13/h4-5,7,13H,6,8H2,1H3. The predicted octanol–water partition coefficient (Wildman–Crippen LogP) is 1.93. The summed E-state index contributed by atoms with van der Waals surface area (Å²) in [5, 5.41) is 9.64. The molecular weight excluding hydrogens is 244 g/mol. The van der Waals surface area contributed by atoms with Gasteiger partial charge in [0, 0.05) is 11.1 Å². The molecule has 0 fully saturated rings. The topological polar surface area (TPSA) is 29.5 Å². The van der Waals surface area contributed by atoms with E-state index in [4.69, 9.17) is 9.84 Å². The summed E-state index contributed by atoms with van der Waals surface area (Å²) in [6, 6.07) is 5.50. The monoisotopic (exact) mass is 254 g/mol. The first-order valence-corrected chi connectivity index (χ1v) is 5.26. The quantitative estimate of drug-likeness (QED) is 0.646. The van der Waals surface area contributed by atoms with Crippen LogP contribution in [-0.4, -0.2) is 17.5 Å². The van der Waals surface area contributed by atoms with Crippen LogP contribution in [0.2, 0.25) is 0 Å². The summed E-state index contributed by atoms with van der Waals surface area (Å²) in [6.07, 6.45) is 0. The highest BCUT2D eigenvalue weighted by atomic mass is 79.9. The second-order valence-corrected chi connectivity index (χ2v) is 3.18. The van der Waals surface area contributed by atoms with E-state index in [0.717, 1.165) is 11.1 Å². The van der Waals surface area contributed by atoms with Crippen molar-refractivity contribution in [3.63, 3.8) is 0 Å². The van der Waals surface area contributed by atoms with E-state index in [-0.39, 0.29) is 6.61 Å². The van der Waals surface area contributed by atoms with Crippen LogP contribution in [0.1, 0.15) is 11.1 Å². The molecule has 0 unspecified atom stereocenters. The van der Waals surface area contributed by atoms with E-state index in [0.29, 0.717) is 11.1 Å². The average Bonchev–Trinajstić information content (AvgIpc) is 2.25. The Morgan fingerprint density at radius 3 is 2.86 bits per heavy atom. The van der Waals surface area contributed by atoms with Crippen molar-refractivity contribution in [1.29, 1.82) is 0 Å². The lowest BCUT2D eigenvalue weighted by molar-refractivity contribution is 0.274. The van der Waals surface area contributed by atoms with Crippen LogP contribution in [-0.2, 0) is 6.61 Å². The number of benzene rings is 1. The van der Waals surface area contributed by atoms with Gasteiger partial charge in [0.2, 0.25) is 0 Å². The zero-order valence-electron chi connectivity index (χ0n) is 7.88. The molecule has 0 aromatic heterocycles. The number of rotatable bonds is 2. The highest BCUT2D eigenvalue weighted by Crippen LogP contribution is 2.19. The van der Waals surface area contributed by atoms with Crippen molar-refractivity contribution in [2.75, 3.05) is 12.4 Å². The molecule has 0 bridgehead atoms. The molecule has 0 aliphatic rings. The maximum absolute atomic E-state index is 8.99. The Balaban J connectivity index is 3.01. The maximum Gasteiger partial charge on any atom is 0.125 e. The highest BCUT2D eigenvalue weighted by Gasteiger charge is 2.01. The van der Waals surface area contributed by atoms with E-state index in [1.54, 1.807) is 7.11 Å². The fraction of sp³-hybridized carbons (Fsp3) is 0.273. The summed E-state index contributed by atoms with van der Waals surface area (Å²) in [6.45, 7) is -0.0185. The molecule has 0 saturated heterocycles. The summed E-state index contributed by atoms with van der Waals surface area (Å²) in [7, 11) is 1.58. The molecule has 0 saturated carbocycles. The number of alkyl halides is 1. The summed E-state index contributed by atoms with van der Waals surface area (Å²) in [5.41, 5.74) is 1.66. The van der Waals surface area contributed by atoms with Crippen molar-refractivity contribution >= 4 is 15.9 Å². The maximum atomic E-state index is 8.99. The zero-order valence-corrected chi connectivity index (χ0v) is 9.47. The summed E-state index contributed by atoms with van der Waals surface area (Å²) in [4.78, 5) is 0. The number of halogens is 1. The van der Waals surface area contributed by atoms with Gasteiger partial charge in [-0.25, -0.2) is 0 Å². The van der Waals surface area contributed by atoms with Crippen LogP contribution >= 0.6 is 15.9 Å². The molecule has 74 valence electrons. The first-order valence-electron chi connectivity index (χ1n) is 4.14. The van der Waals surface area contributed by atoms with Gasteiger partial charge in [-0.3, -0.25) is 0 Å². The van der Waals surface area contributed by atoms with Gasteiger partial charge in [-0.05, 0) is 12.1 Å². The fourth-order valence-electron chi connectivity index (χ4n) is 1.09. The Morgan fingerprint density at radius 2 is 2.29 bits per heavy atom. The van der Waals surface area contributed by atoms with Crippen LogP contribution in [0.3, 0.4) is 0 Å². The summed E-state index contributed by atoms with van der Waals surface area (Å²) >= 11 is 3.23. The Bertz CT molecular complexity index is 363. The largest absolute Gasteiger partial charge is 0.496 e. The van der Waals surface area contributed by atoms with Crippen molar-refractivity contribution in [3.05, 3.63) is 29.3 Å². The van der Waals surface area contributed by atoms with Crippen molar-refractivity contribution in [1.82, 2.24) is 0 Å². The van der Waals surface area contributed by atoms with Crippen LogP contribution in [0.25, 0.3) is 0 Å². The fourth-order valence-corrected chi connectivity index (χ4v) is 1.23. The predicted molar refractivity (Wildman–Crippen MR) is 59.6 cm³/mol. The van der Waals surface area contributed by atoms with Gasteiger partial charge in [0.05, 0.1) is 19.0 Å². The van der Waals surface area contributed by atoms with E-state index in [1.165, 1.54) is 0 Å². The zero-order chi connectivity index (χ0) is 10.4. The Kier molecular flexibility index (Phi) is 4.51. The van der Waals surface area contributed by atoms with Crippen molar-refractivity contribution in [3.8, 4) is 17.6 Å². The Labute approximate surface area is 92.0 Å². The molecule has 0 aliphatic carbocycles. The van der Waals surface area contributed by atoms with Gasteiger partial charge in [-0.15, -0.1) is 0 Å². The average molecular weight is 255 g/mol. The normalized spacial score (nSPS) is 9.07. The van der Waals surface area contributed by atoms with Crippen LogP contribution in [0.15, 0.2) is 18.2 Å². The second kappa shape index (κ2) is 5.69. The number of methoxy groups -OCH3 is 1. The van der Waals surface area contributed by atoms with Gasteiger partial charge in [0.15, 0.2) is 0 Å². The minimum atomic E-state index is -0.0185. The molecule has 2 nitrogen and oxygen atoms in total. The number of hydrogen-bond acceptors (Lipinski definition) is 2. The van der Waals surface area contributed by atoms with E-state index in [9.17, 15) is 0 Å². The van der Waals surface area contributed by atoms with Gasteiger partial charge < -0.3 is 9.84 Å². The molecule has 0 atom stereocenters. The molecular formula is C11H11BrO2. The van der Waals surface area contributed by atoms with E-state index in [2.05, 4.69) is 27.8 Å². The number of aliphatic hydroxyl groups is 1. The molecule has 0 amide bonds. The van der Waals surface area contributed by atoms with Gasteiger partial charge in [0.25, 0.3) is 0 Å². The lowest BCUT2D eigenvalue weighted by Crippen LogP contribution is -1.92. The van der Waals surface area contributed by atoms with E-state index < -0.39 is 0 Å². The molecule has 1 rings (SSSR count). The molecule has 14 heavy (non-hydrogen) atoms. The molecule has 1 aromatic rings. The van der Waals surface area contributed by atoms with Crippen molar-refractivity contribution in [2.24, 2.45) is 0 Å². The Morgan fingerprint density at radius 1 is 1.50 bits per heavy atom. The van der Waals surface area contributed by atoms with E-state index in [1.807, 2.05) is 18.2 Å². The second-order valence-electron chi connectivity index (χ2n) is 2.62. The van der Waals surface area contributed by atoms with Crippen LogP contribution in [0, 0.1) is 11.8 Å². The van der Waals surface area contributed by atoms with Gasteiger partial charge >= 0.3 is 0 Å². The Hall–Kier alpha value is -0.980. The molecule has 0 radical (unpaired) electrons. The molecule has 1 N–H and O–H groups in total. The minimum Gasteiger partial charge on any atom is -0.496 e. The van der Waals surface area contributed by atoms with Gasteiger partial charge in [-0.2, -0.15) is 0 Å². The highest BCUT2D eigenvalue weighted by molar-refractivity contribution is 9.09. The summed E-state index contributed by atoms with van der Waals surface area (Å²) < 4.78 is 5.12. The molecule has 1 aromatic carbocycles. The molecule has 0 spiro atoms. The molecule has 0 heterocycles. The number of hydrogen-bond donors (Lipinski definition) is 1. The van der Waals surface area contributed by atoms with Crippen molar-refractivity contribution < 1.29 is 9.84 Å². The third-order valence-corrected chi connectivity index (χ3v) is 2.04. The lowest BCUT2D eigenvalue weighted by Gasteiger charge is -2.05. The van der Waals surface area contributed by atoms with Crippen LogP contribution in [0.5, 0.6) is 5.75 Å². The first kappa shape index (κ1) is 11.1. The molecule has 0 aliphatic heterocycles. The molecule has 3 heteroatoms. The minimum absolute atomic E-state index is 0.0185.